The highest BCUT2D eigenvalue weighted by molar-refractivity contribution is 5.17. The molecule has 2 aliphatic carbocycles. The fraction of sp³-hybridized carbons (Fsp3) is 1.00. The summed E-state index contributed by atoms with van der Waals surface area (Å²) in [6, 6.07) is 0. The third kappa shape index (κ3) is 0.500. The molecule has 0 radical (unpaired) electrons. The van der Waals surface area contributed by atoms with Crippen molar-refractivity contribution in [1.82, 2.24) is 0 Å². The zero-order valence-electron chi connectivity index (χ0n) is 7.57. The van der Waals surface area contributed by atoms with E-state index >= 15 is 0 Å². The summed E-state index contributed by atoms with van der Waals surface area (Å²) in [5.74, 6) is 1.97. The van der Waals surface area contributed by atoms with Gasteiger partial charge in [-0.1, -0.05) is 27.7 Å². The van der Waals surface area contributed by atoms with E-state index in [-0.39, 0.29) is 0 Å². The summed E-state index contributed by atoms with van der Waals surface area (Å²) in [6.07, 6.45) is 2.97. The second kappa shape index (κ2) is 1.44. The molecule has 0 N–H and O–H groups in total. The summed E-state index contributed by atoms with van der Waals surface area (Å²) in [7, 11) is 0. The van der Waals surface area contributed by atoms with Crippen LogP contribution in [0.25, 0.3) is 0 Å². The van der Waals surface area contributed by atoms with Crippen molar-refractivity contribution in [2.45, 2.75) is 40.5 Å². The Morgan fingerprint density at radius 3 is 1.50 bits per heavy atom. The van der Waals surface area contributed by atoms with Crippen molar-refractivity contribution in [2.75, 3.05) is 0 Å². The van der Waals surface area contributed by atoms with Crippen LogP contribution in [-0.2, 0) is 0 Å². The smallest absolute Gasteiger partial charge is 0.0215 e. The van der Waals surface area contributed by atoms with Crippen molar-refractivity contribution in [3.63, 3.8) is 0 Å². The van der Waals surface area contributed by atoms with Gasteiger partial charge >= 0.3 is 0 Å². The van der Waals surface area contributed by atoms with Crippen molar-refractivity contribution in [1.29, 1.82) is 0 Å². The van der Waals surface area contributed by atoms with E-state index in [9.17, 15) is 0 Å². The van der Waals surface area contributed by atoms with E-state index in [1.165, 1.54) is 12.8 Å². The molecule has 0 spiro atoms. The van der Waals surface area contributed by atoms with E-state index in [2.05, 4.69) is 27.7 Å². The molecule has 2 aliphatic rings. The highest BCUT2D eigenvalue weighted by Crippen LogP contribution is 2.75. The van der Waals surface area contributed by atoms with Crippen molar-refractivity contribution in [2.24, 2.45) is 22.7 Å². The minimum absolute atomic E-state index is 0.715. The minimum atomic E-state index is 0.715. The summed E-state index contributed by atoms with van der Waals surface area (Å²) in [6.45, 7) is 9.77. The molecule has 0 aromatic heterocycles. The Bertz CT molecular complexity index is 157. The number of hydrogen-bond acceptors (Lipinski definition) is 0. The zero-order valence-corrected chi connectivity index (χ0v) is 7.57. The molecule has 0 aromatic rings. The quantitative estimate of drug-likeness (QED) is 0.522. The predicted molar refractivity (Wildman–Crippen MR) is 43.8 cm³/mol. The van der Waals surface area contributed by atoms with Gasteiger partial charge in [0.1, 0.15) is 0 Å². The van der Waals surface area contributed by atoms with Gasteiger partial charge in [0.15, 0.2) is 0 Å². The summed E-state index contributed by atoms with van der Waals surface area (Å²) in [5, 5.41) is 0. The lowest BCUT2D eigenvalue weighted by Gasteiger charge is -2.19. The summed E-state index contributed by atoms with van der Waals surface area (Å²) in [4.78, 5) is 0. The Morgan fingerprint density at radius 1 is 1.00 bits per heavy atom. The molecule has 2 unspecified atom stereocenters. The second-order valence-electron chi connectivity index (χ2n) is 4.92. The lowest BCUT2D eigenvalue weighted by molar-refractivity contribution is 0.296. The lowest BCUT2D eigenvalue weighted by atomic mass is 9.86. The lowest BCUT2D eigenvalue weighted by Crippen LogP contribution is -2.12. The van der Waals surface area contributed by atoms with Crippen LogP contribution in [0.4, 0.5) is 0 Å². The first-order chi connectivity index (χ1) is 4.52. The highest BCUT2D eigenvalue weighted by Gasteiger charge is 2.68. The van der Waals surface area contributed by atoms with Gasteiger partial charge in [-0.2, -0.15) is 0 Å². The van der Waals surface area contributed by atoms with Gasteiger partial charge < -0.3 is 0 Å². The van der Waals surface area contributed by atoms with Crippen LogP contribution in [0, 0.1) is 22.7 Å². The van der Waals surface area contributed by atoms with Crippen LogP contribution in [0.15, 0.2) is 0 Å². The number of hydrogen-bond donors (Lipinski definition) is 0. The summed E-state index contributed by atoms with van der Waals surface area (Å²) < 4.78 is 0. The predicted octanol–water partition coefficient (Wildman–Crippen LogP) is 3.08. The van der Waals surface area contributed by atoms with Gasteiger partial charge in [-0.25, -0.2) is 0 Å². The molecular weight excluding hydrogens is 120 g/mol. The van der Waals surface area contributed by atoms with Gasteiger partial charge in [0.2, 0.25) is 0 Å². The van der Waals surface area contributed by atoms with Crippen LogP contribution >= 0.6 is 0 Å². The van der Waals surface area contributed by atoms with Gasteiger partial charge in [0.05, 0.1) is 0 Å². The van der Waals surface area contributed by atoms with E-state index in [0.29, 0.717) is 5.41 Å². The summed E-state index contributed by atoms with van der Waals surface area (Å²) in [5.41, 5.74) is 1.46. The van der Waals surface area contributed by atoms with Crippen molar-refractivity contribution < 1.29 is 0 Å². The second-order valence-corrected chi connectivity index (χ2v) is 4.92. The number of rotatable bonds is 1. The molecular formula is C10H18. The van der Waals surface area contributed by atoms with Gasteiger partial charge in [0, 0.05) is 0 Å². The zero-order chi connectivity index (χ0) is 7.57. The monoisotopic (exact) mass is 138 g/mol. The molecule has 10 heavy (non-hydrogen) atoms. The van der Waals surface area contributed by atoms with E-state index in [4.69, 9.17) is 0 Å². The van der Waals surface area contributed by atoms with Gasteiger partial charge in [-0.15, -0.1) is 0 Å². The first-order valence-corrected chi connectivity index (χ1v) is 4.52. The first kappa shape index (κ1) is 6.69. The van der Waals surface area contributed by atoms with Crippen LogP contribution < -0.4 is 0 Å². The molecule has 0 nitrogen and oxygen atoms in total. The van der Waals surface area contributed by atoms with Crippen LogP contribution in [0.3, 0.4) is 0 Å². The van der Waals surface area contributed by atoms with Crippen molar-refractivity contribution >= 4 is 0 Å². The topological polar surface area (TPSA) is 0 Å². The molecule has 2 rings (SSSR count). The van der Waals surface area contributed by atoms with Crippen LogP contribution in [0.2, 0.25) is 0 Å². The molecule has 0 aromatic carbocycles. The van der Waals surface area contributed by atoms with E-state index in [1.807, 2.05) is 0 Å². The minimum Gasteiger partial charge on any atom is -0.0617 e. The van der Waals surface area contributed by atoms with Crippen molar-refractivity contribution in [3.8, 4) is 0 Å². The standard InChI is InChI=1S/C10H18/c1-7-8(2)10(7,4)9(3)5-6-9/h7-8H,5-6H2,1-4H3. The van der Waals surface area contributed by atoms with Crippen molar-refractivity contribution in [3.05, 3.63) is 0 Å². The maximum Gasteiger partial charge on any atom is -0.0215 e. The average Bonchev–Trinajstić information content (AvgIpc) is 2.72. The third-order valence-corrected chi connectivity index (χ3v) is 4.83. The average molecular weight is 138 g/mol. The third-order valence-electron chi connectivity index (χ3n) is 4.83. The Kier molecular flexibility index (Phi) is 0.964. The maximum atomic E-state index is 2.48. The molecule has 2 atom stereocenters. The molecule has 2 saturated carbocycles. The first-order valence-electron chi connectivity index (χ1n) is 4.52. The SMILES string of the molecule is CC1C(C)C1(C)C1(C)CC1. The fourth-order valence-corrected chi connectivity index (χ4v) is 2.81. The maximum absolute atomic E-state index is 2.48. The van der Waals surface area contributed by atoms with Gasteiger partial charge in [0.25, 0.3) is 0 Å². The highest BCUT2D eigenvalue weighted by atomic mass is 14.7. The molecule has 0 aliphatic heterocycles. The largest absolute Gasteiger partial charge is 0.0617 e. The van der Waals surface area contributed by atoms with Gasteiger partial charge in [-0.3, -0.25) is 0 Å². The summed E-state index contributed by atoms with van der Waals surface area (Å²) >= 11 is 0. The van der Waals surface area contributed by atoms with Crippen LogP contribution in [-0.4, -0.2) is 0 Å². The Hall–Kier alpha value is 0. The van der Waals surface area contributed by atoms with E-state index < -0.39 is 0 Å². The molecule has 0 amide bonds. The molecule has 2 fully saturated rings. The molecule has 0 saturated heterocycles. The van der Waals surface area contributed by atoms with E-state index in [0.717, 1.165) is 17.3 Å². The Labute approximate surface area is 64.0 Å². The Balaban J connectivity index is 2.19. The van der Waals surface area contributed by atoms with Gasteiger partial charge in [-0.05, 0) is 35.5 Å². The molecule has 0 bridgehead atoms. The van der Waals surface area contributed by atoms with Crippen LogP contribution in [0.1, 0.15) is 40.5 Å². The Morgan fingerprint density at radius 2 is 1.40 bits per heavy atom. The molecule has 58 valence electrons. The van der Waals surface area contributed by atoms with E-state index in [1.54, 1.807) is 0 Å². The molecule has 0 heteroatoms. The fourth-order valence-electron chi connectivity index (χ4n) is 2.81. The normalized spacial score (nSPS) is 56.4. The van der Waals surface area contributed by atoms with Crippen LogP contribution in [0.5, 0.6) is 0 Å². The molecule has 0 heterocycles.